The number of likely N-dealkylation sites (tertiary alicyclic amines) is 1. The van der Waals surface area contributed by atoms with Crippen LogP contribution in [-0.4, -0.2) is 45.8 Å². The second kappa shape index (κ2) is 5.13. The lowest BCUT2D eigenvalue weighted by atomic mass is 9.98. The van der Waals surface area contributed by atoms with Crippen molar-refractivity contribution in [3.8, 4) is 0 Å². The number of carbonyl (C=O) groups is 1. The number of amides is 1. The Bertz CT molecular complexity index is 637. The molecule has 1 fully saturated rings. The van der Waals surface area contributed by atoms with Crippen LogP contribution in [0.3, 0.4) is 0 Å². The Labute approximate surface area is 116 Å². The largest absolute Gasteiger partial charge is 0.399 e. The lowest BCUT2D eigenvalue weighted by Crippen LogP contribution is -2.41. The van der Waals surface area contributed by atoms with Crippen LogP contribution < -0.4 is 5.73 Å². The lowest BCUT2D eigenvalue weighted by molar-refractivity contribution is 0.0617. The van der Waals surface area contributed by atoms with E-state index in [9.17, 15) is 9.90 Å². The van der Waals surface area contributed by atoms with Crippen LogP contribution in [0.5, 0.6) is 0 Å². The molecule has 0 spiro atoms. The van der Waals surface area contributed by atoms with Gasteiger partial charge >= 0.3 is 0 Å². The molecule has 2 aromatic rings. The maximum atomic E-state index is 12.6. The van der Waals surface area contributed by atoms with Gasteiger partial charge in [0.1, 0.15) is 0 Å². The highest BCUT2D eigenvalue weighted by Crippen LogP contribution is 2.23. The molecular formula is C14H18N4O2. The number of benzene rings is 1. The molecule has 6 heteroatoms. The zero-order valence-corrected chi connectivity index (χ0v) is 11.2. The molecule has 0 saturated carbocycles. The van der Waals surface area contributed by atoms with Crippen LogP contribution in [0.25, 0.3) is 10.9 Å². The fourth-order valence-corrected chi connectivity index (χ4v) is 2.74. The molecule has 0 aliphatic carbocycles. The lowest BCUT2D eigenvalue weighted by Gasteiger charge is -2.31. The van der Waals surface area contributed by atoms with Crippen molar-refractivity contribution in [3.05, 3.63) is 23.9 Å². The van der Waals surface area contributed by atoms with Crippen molar-refractivity contribution >= 4 is 22.5 Å². The predicted octanol–water partition coefficient (Wildman–Crippen LogP) is 0.990. The normalized spacial score (nSPS) is 19.4. The standard InChI is InChI=1S/C14H18N4O2/c15-10-3-4-12-11(6-10)13(17-16-12)14(20)18-5-1-2-9(7-18)8-19/h3-4,6,9,19H,1-2,5,7-8,15H2,(H,16,17). The number of aliphatic hydroxyl groups excluding tert-OH is 1. The zero-order valence-electron chi connectivity index (χ0n) is 11.2. The van der Waals surface area contributed by atoms with Gasteiger partial charge in [-0.15, -0.1) is 0 Å². The maximum absolute atomic E-state index is 12.6. The number of hydrogen-bond donors (Lipinski definition) is 3. The van der Waals surface area contributed by atoms with E-state index in [1.165, 1.54) is 0 Å². The van der Waals surface area contributed by atoms with Gasteiger partial charge in [-0.05, 0) is 37.0 Å². The number of nitrogens with zero attached hydrogens (tertiary/aromatic N) is 2. The van der Waals surface area contributed by atoms with Crippen LogP contribution in [0, 0.1) is 5.92 Å². The Kier molecular flexibility index (Phi) is 3.31. The van der Waals surface area contributed by atoms with Gasteiger partial charge in [0.25, 0.3) is 5.91 Å². The quantitative estimate of drug-likeness (QED) is 0.712. The zero-order chi connectivity index (χ0) is 14.1. The number of aromatic amines is 1. The average Bonchev–Trinajstić information content (AvgIpc) is 2.89. The molecule has 1 aromatic carbocycles. The monoisotopic (exact) mass is 274 g/mol. The van der Waals surface area contributed by atoms with Gasteiger partial charge in [-0.25, -0.2) is 0 Å². The first-order valence-corrected chi connectivity index (χ1v) is 6.83. The van der Waals surface area contributed by atoms with Gasteiger partial charge in [0.15, 0.2) is 5.69 Å². The number of anilines is 1. The third-order valence-electron chi connectivity index (χ3n) is 3.85. The van der Waals surface area contributed by atoms with E-state index in [2.05, 4.69) is 10.2 Å². The Morgan fingerprint density at radius 2 is 2.40 bits per heavy atom. The molecule has 1 saturated heterocycles. The summed E-state index contributed by atoms with van der Waals surface area (Å²) in [6.45, 7) is 1.43. The topological polar surface area (TPSA) is 95.2 Å². The molecule has 0 radical (unpaired) electrons. The van der Waals surface area contributed by atoms with Crippen LogP contribution in [0.4, 0.5) is 5.69 Å². The Morgan fingerprint density at radius 1 is 1.55 bits per heavy atom. The summed E-state index contributed by atoms with van der Waals surface area (Å²) in [5, 5.41) is 17.0. The number of carbonyl (C=O) groups excluding carboxylic acids is 1. The van der Waals surface area contributed by atoms with E-state index < -0.39 is 0 Å². The number of nitrogen functional groups attached to an aromatic ring is 1. The first-order valence-electron chi connectivity index (χ1n) is 6.83. The van der Waals surface area contributed by atoms with E-state index in [1.54, 1.807) is 17.0 Å². The van der Waals surface area contributed by atoms with Crippen molar-refractivity contribution < 1.29 is 9.90 Å². The molecule has 6 nitrogen and oxygen atoms in total. The van der Waals surface area contributed by atoms with E-state index in [0.29, 0.717) is 24.5 Å². The van der Waals surface area contributed by atoms with E-state index in [-0.39, 0.29) is 18.4 Å². The molecule has 106 valence electrons. The summed E-state index contributed by atoms with van der Waals surface area (Å²) in [5.74, 6) is 0.0722. The van der Waals surface area contributed by atoms with Gasteiger partial charge in [0, 0.05) is 30.8 Å². The highest BCUT2D eigenvalue weighted by molar-refractivity contribution is 6.05. The van der Waals surface area contributed by atoms with Crippen LogP contribution in [0.1, 0.15) is 23.3 Å². The molecular weight excluding hydrogens is 256 g/mol. The number of nitrogens with one attached hydrogen (secondary N) is 1. The fourth-order valence-electron chi connectivity index (χ4n) is 2.74. The second-order valence-corrected chi connectivity index (χ2v) is 5.32. The van der Waals surface area contributed by atoms with Crippen molar-refractivity contribution in [1.82, 2.24) is 15.1 Å². The van der Waals surface area contributed by atoms with Gasteiger partial charge in [-0.2, -0.15) is 5.10 Å². The first kappa shape index (κ1) is 12.9. The molecule has 1 atom stereocenters. The predicted molar refractivity (Wildman–Crippen MR) is 76.2 cm³/mol. The Hall–Kier alpha value is -2.08. The molecule has 20 heavy (non-hydrogen) atoms. The van der Waals surface area contributed by atoms with Crippen molar-refractivity contribution in [1.29, 1.82) is 0 Å². The van der Waals surface area contributed by atoms with Crippen molar-refractivity contribution in [2.24, 2.45) is 5.92 Å². The minimum atomic E-state index is -0.0972. The summed E-state index contributed by atoms with van der Waals surface area (Å²) < 4.78 is 0. The summed E-state index contributed by atoms with van der Waals surface area (Å²) in [6.07, 6.45) is 1.88. The number of piperidine rings is 1. The van der Waals surface area contributed by atoms with Gasteiger partial charge in [-0.1, -0.05) is 0 Å². The van der Waals surface area contributed by atoms with Gasteiger partial charge in [-0.3, -0.25) is 9.89 Å². The van der Waals surface area contributed by atoms with E-state index >= 15 is 0 Å². The summed E-state index contributed by atoms with van der Waals surface area (Å²) in [5.41, 5.74) is 7.60. The maximum Gasteiger partial charge on any atom is 0.275 e. The van der Waals surface area contributed by atoms with Crippen molar-refractivity contribution in [2.45, 2.75) is 12.8 Å². The van der Waals surface area contributed by atoms with E-state index in [4.69, 9.17) is 5.73 Å². The summed E-state index contributed by atoms with van der Waals surface area (Å²) in [4.78, 5) is 14.3. The molecule has 1 aliphatic heterocycles. The number of aromatic nitrogens is 2. The highest BCUT2D eigenvalue weighted by atomic mass is 16.3. The van der Waals surface area contributed by atoms with E-state index in [0.717, 1.165) is 23.7 Å². The number of fused-ring (bicyclic) bond motifs is 1. The minimum Gasteiger partial charge on any atom is -0.399 e. The van der Waals surface area contributed by atoms with Crippen LogP contribution in [0.2, 0.25) is 0 Å². The summed E-state index contributed by atoms with van der Waals surface area (Å²) in [7, 11) is 0. The number of H-pyrrole nitrogens is 1. The average molecular weight is 274 g/mol. The summed E-state index contributed by atoms with van der Waals surface area (Å²) in [6, 6.07) is 5.36. The molecule has 0 bridgehead atoms. The third-order valence-corrected chi connectivity index (χ3v) is 3.85. The molecule has 4 N–H and O–H groups in total. The smallest absolute Gasteiger partial charge is 0.275 e. The van der Waals surface area contributed by atoms with Gasteiger partial charge in [0.2, 0.25) is 0 Å². The van der Waals surface area contributed by atoms with Gasteiger partial charge < -0.3 is 15.7 Å². The van der Waals surface area contributed by atoms with Crippen LogP contribution in [-0.2, 0) is 0 Å². The molecule has 1 aromatic heterocycles. The van der Waals surface area contributed by atoms with Crippen LogP contribution >= 0.6 is 0 Å². The van der Waals surface area contributed by atoms with Gasteiger partial charge in [0.05, 0.1) is 5.52 Å². The number of aliphatic hydroxyl groups is 1. The fraction of sp³-hybridized carbons (Fsp3) is 0.429. The first-order chi connectivity index (χ1) is 9.69. The Balaban J connectivity index is 1.90. The Morgan fingerprint density at radius 3 is 3.20 bits per heavy atom. The minimum absolute atomic E-state index is 0.0972. The molecule has 1 aliphatic rings. The molecule has 1 amide bonds. The van der Waals surface area contributed by atoms with E-state index in [1.807, 2.05) is 6.07 Å². The molecule has 2 heterocycles. The van der Waals surface area contributed by atoms with Crippen molar-refractivity contribution in [2.75, 3.05) is 25.4 Å². The number of rotatable bonds is 2. The van der Waals surface area contributed by atoms with Crippen molar-refractivity contribution in [3.63, 3.8) is 0 Å². The van der Waals surface area contributed by atoms with Crippen LogP contribution in [0.15, 0.2) is 18.2 Å². The molecule has 3 rings (SSSR count). The SMILES string of the molecule is Nc1ccc2[nH]nc(C(=O)N3CCCC(CO)C3)c2c1. The number of hydrogen-bond acceptors (Lipinski definition) is 4. The highest BCUT2D eigenvalue weighted by Gasteiger charge is 2.26. The summed E-state index contributed by atoms with van der Waals surface area (Å²) >= 11 is 0. The third kappa shape index (κ3) is 2.22. The number of nitrogens with two attached hydrogens (primary N) is 1. The second-order valence-electron chi connectivity index (χ2n) is 5.32. The molecule has 1 unspecified atom stereocenters.